The van der Waals surface area contributed by atoms with Gasteiger partial charge in [-0.1, -0.05) is 30.3 Å². The monoisotopic (exact) mass is 391 g/mol. The van der Waals surface area contributed by atoms with Crippen molar-refractivity contribution in [1.29, 1.82) is 0 Å². The van der Waals surface area contributed by atoms with E-state index in [-0.39, 0.29) is 31.4 Å². The Hall–Kier alpha value is -2.55. The van der Waals surface area contributed by atoms with E-state index < -0.39 is 20.8 Å². The summed E-state index contributed by atoms with van der Waals surface area (Å²) in [6.45, 7) is 0.300. The Labute approximate surface area is 157 Å². The average Bonchev–Trinajstić information content (AvgIpc) is 2.67. The smallest absolute Gasteiger partial charge is 0.338 e. The van der Waals surface area contributed by atoms with Crippen molar-refractivity contribution in [2.75, 3.05) is 19.8 Å². The fraction of sp³-hybridized carbons (Fsp3) is 0.263. The molecule has 0 saturated carbocycles. The molecule has 0 aliphatic heterocycles. The molecule has 2 aromatic carbocycles. The summed E-state index contributed by atoms with van der Waals surface area (Å²) in [6, 6.07) is 13.6. The number of carbonyl (C=O) groups is 2. The minimum Gasteiger partial charge on any atom is -0.744 e. The van der Waals surface area contributed by atoms with Crippen LogP contribution >= 0.6 is 0 Å². The first-order valence-electron chi connectivity index (χ1n) is 8.27. The van der Waals surface area contributed by atoms with Crippen LogP contribution in [0.2, 0.25) is 0 Å². The predicted molar refractivity (Wildman–Crippen MR) is 95.5 cm³/mol. The molecule has 0 aliphatic carbocycles. The second-order valence-corrected chi connectivity index (χ2v) is 7.05. The van der Waals surface area contributed by atoms with Gasteiger partial charge >= 0.3 is 5.97 Å². The van der Waals surface area contributed by atoms with Crippen molar-refractivity contribution in [2.24, 2.45) is 0 Å². The Kier molecular flexibility index (Phi) is 7.66. The lowest BCUT2D eigenvalue weighted by molar-refractivity contribution is 0.0481. The number of unbranched alkanes of at least 4 members (excludes halogenated alkanes) is 1. The number of Topliss-reactive ketones (excluding diaryl/α,β-unsaturated/α-hetero) is 1. The third-order valence-electron chi connectivity index (χ3n) is 3.60. The van der Waals surface area contributed by atoms with E-state index >= 15 is 0 Å². The van der Waals surface area contributed by atoms with Crippen molar-refractivity contribution in [2.45, 2.75) is 17.7 Å². The molecule has 0 amide bonds. The van der Waals surface area contributed by atoms with Gasteiger partial charge in [-0.05, 0) is 37.1 Å². The van der Waals surface area contributed by atoms with E-state index in [0.717, 1.165) is 12.1 Å². The molecule has 8 heteroatoms. The highest BCUT2D eigenvalue weighted by atomic mass is 32.2. The van der Waals surface area contributed by atoms with Gasteiger partial charge in [0.15, 0.2) is 5.78 Å². The van der Waals surface area contributed by atoms with E-state index in [4.69, 9.17) is 9.47 Å². The molecule has 0 saturated heterocycles. The van der Waals surface area contributed by atoms with Crippen LogP contribution in [0.3, 0.4) is 0 Å². The number of ketones is 1. The molecule has 0 unspecified atom stereocenters. The summed E-state index contributed by atoms with van der Waals surface area (Å²) >= 11 is 0. The minimum absolute atomic E-state index is 0.101. The van der Waals surface area contributed by atoms with E-state index in [1.807, 2.05) is 6.07 Å². The van der Waals surface area contributed by atoms with E-state index in [9.17, 15) is 22.6 Å². The zero-order valence-corrected chi connectivity index (χ0v) is 15.3. The van der Waals surface area contributed by atoms with Crippen molar-refractivity contribution in [1.82, 2.24) is 0 Å². The summed E-state index contributed by atoms with van der Waals surface area (Å²) in [6.07, 6.45) is 1.17. The fourth-order valence-corrected chi connectivity index (χ4v) is 2.72. The van der Waals surface area contributed by atoms with Crippen LogP contribution in [-0.4, -0.2) is 44.5 Å². The lowest BCUT2D eigenvalue weighted by atomic mass is 10.1. The summed E-state index contributed by atoms with van der Waals surface area (Å²) in [7, 11) is -4.61. The summed E-state index contributed by atoms with van der Waals surface area (Å²) in [5.74, 6) is -0.809. The molecular weight excluding hydrogens is 372 g/mol. The van der Waals surface area contributed by atoms with Gasteiger partial charge in [0.2, 0.25) is 0 Å². The molecule has 144 valence electrons. The average molecular weight is 391 g/mol. The summed E-state index contributed by atoms with van der Waals surface area (Å²) in [5, 5.41) is 0. The van der Waals surface area contributed by atoms with Gasteiger partial charge in [-0.25, -0.2) is 13.2 Å². The third kappa shape index (κ3) is 6.93. The van der Waals surface area contributed by atoms with Gasteiger partial charge in [-0.15, -0.1) is 0 Å². The number of carbonyl (C=O) groups excluding carboxylic acids is 2. The number of hydrogen-bond acceptors (Lipinski definition) is 7. The molecule has 0 fully saturated rings. The first-order chi connectivity index (χ1) is 12.9. The van der Waals surface area contributed by atoms with Crippen LogP contribution in [0.4, 0.5) is 0 Å². The highest BCUT2D eigenvalue weighted by molar-refractivity contribution is 7.85. The largest absolute Gasteiger partial charge is 0.744 e. The van der Waals surface area contributed by atoms with Crippen molar-refractivity contribution in [3.8, 4) is 0 Å². The van der Waals surface area contributed by atoms with Crippen molar-refractivity contribution in [3.63, 3.8) is 0 Å². The lowest BCUT2D eigenvalue weighted by Crippen LogP contribution is -2.11. The van der Waals surface area contributed by atoms with Crippen molar-refractivity contribution >= 4 is 21.9 Å². The Balaban J connectivity index is 1.64. The van der Waals surface area contributed by atoms with Crippen LogP contribution in [-0.2, 0) is 19.6 Å². The summed E-state index contributed by atoms with van der Waals surface area (Å²) in [4.78, 5) is 23.2. The van der Waals surface area contributed by atoms with Gasteiger partial charge in [-0.2, -0.15) is 0 Å². The van der Waals surface area contributed by atoms with E-state index in [0.29, 0.717) is 18.4 Å². The zero-order valence-electron chi connectivity index (χ0n) is 14.5. The molecule has 0 spiro atoms. The highest BCUT2D eigenvalue weighted by Crippen LogP contribution is 2.11. The maximum Gasteiger partial charge on any atom is 0.338 e. The molecule has 2 rings (SSSR count). The predicted octanol–water partition coefficient (Wildman–Crippen LogP) is 2.43. The number of benzene rings is 2. The highest BCUT2D eigenvalue weighted by Gasteiger charge is 2.09. The van der Waals surface area contributed by atoms with Crippen LogP contribution in [0.15, 0.2) is 59.5 Å². The third-order valence-corrected chi connectivity index (χ3v) is 4.43. The van der Waals surface area contributed by atoms with Crippen LogP contribution in [0.5, 0.6) is 0 Å². The van der Waals surface area contributed by atoms with Gasteiger partial charge in [0, 0.05) is 12.2 Å². The molecule has 27 heavy (non-hydrogen) atoms. The van der Waals surface area contributed by atoms with Gasteiger partial charge in [0.05, 0.1) is 17.1 Å². The zero-order chi connectivity index (χ0) is 19.7. The number of hydrogen-bond donors (Lipinski definition) is 0. The molecule has 2 aromatic rings. The fourth-order valence-electron chi connectivity index (χ4n) is 2.20. The maximum absolute atomic E-state index is 12.0. The van der Waals surface area contributed by atoms with Crippen molar-refractivity contribution in [3.05, 3.63) is 65.7 Å². The standard InChI is InChI=1S/C19H20O7S/c20-18(16-9-6-10-17(13-16)27(22,23)24)14-25-11-4-5-12-26-19(21)15-7-2-1-3-8-15/h1-3,6-10,13H,4-5,11-12,14H2,(H,22,23,24)/p-1. The van der Waals surface area contributed by atoms with Gasteiger partial charge in [0.1, 0.15) is 16.7 Å². The van der Waals surface area contributed by atoms with Crippen LogP contribution in [0, 0.1) is 0 Å². The van der Waals surface area contributed by atoms with E-state index in [1.54, 1.807) is 24.3 Å². The number of ether oxygens (including phenoxy) is 2. The molecule has 7 nitrogen and oxygen atoms in total. The lowest BCUT2D eigenvalue weighted by Gasteiger charge is -2.09. The molecule has 0 aliphatic rings. The Bertz CT molecular complexity index is 876. The normalized spacial score (nSPS) is 11.1. The Morgan fingerprint density at radius 2 is 1.56 bits per heavy atom. The summed E-state index contributed by atoms with van der Waals surface area (Å²) < 4.78 is 43.3. The van der Waals surface area contributed by atoms with Crippen molar-refractivity contribution < 1.29 is 32.0 Å². The Morgan fingerprint density at radius 1 is 0.889 bits per heavy atom. The molecule has 0 bridgehead atoms. The molecular formula is C19H19O7S-. The number of rotatable bonds is 10. The van der Waals surface area contributed by atoms with Crippen LogP contribution in [0.1, 0.15) is 33.6 Å². The molecule has 0 N–H and O–H groups in total. The van der Waals surface area contributed by atoms with E-state index in [1.165, 1.54) is 12.1 Å². The topological polar surface area (TPSA) is 110 Å². The first kappa shape index (κ1) is 20.8. The SMILES string of the molecule is O=C(COCCCCOC(=O)c1ccccc1)c1cccc(S(=O)(=O)[O-])c1. The molecule has 0 heterocycles. The number of esters is 1. The van der Waals surface area contributed by atoms with Crippen LogP contribution in [0.25, 0.3) is 0 Å². The Morgan fingerprint density at radius 3 is 2.26 bits per heavy atom. The molecule has 0 atom stereocenters. The van der Waals surface area contributed by atoms with Gasteiger partial charge < -0.3 is 14.0 Å². The summed E-state index contributed by atoms with van der Waals surface area (Å²) in [5.41, 5.74) is 0.588. The maximum atomic E-state index is 12.0. The van der Waals surface area contributed by atoms with Gasteiger partial charge in [-0.3, -0.25) is 4.79 Å². The molecule has 0 aromatic heterocycles. The minimum atomic E-state index is -4.61. The second-order valence-electron chi connectivity index (χ2n) is 5.67. The molecule has 0 radical (unpaired) electrons. The van der Waals surface area contributed by atoms with Gasteiger partial charge in [0.25, 0.3) is 0 Å². The first-order valence-corrected chi connectivity index (χ1v) is 9.68. The second kappa shape index (κ2) is 9.96. The van der Waals surface area contributed by atoms with E-state index in [2.05, 4.69) is 0 Å². The quantitative estimate of drug-likeness (QED) is 0.265. The van der Waals surface area contributed by atoms with Crippen LogP contribution < -0.4 is 0 Å².